The average molecular weight is 486 g/mol. The van der Waals surface area contributed by atoms with Gasteiger partial charge in [0.15, 0.2) is 0 Å². The molecule has 1 saturated heterocycles. The normalized spacial score (nSPS) is 19.5. The Balaban J connectivity index is 1.55. The molecule has 0 aliphatic carbocycles. The van der Waals surface area contributed by atoms with Crippen LogP contribution in [0.5, 0.6) is 0 Å². The molecule has 0 spiro atoms. The van der Waals surface area contributed by atoms with Crippen LogP contribution in [0.25, 0.3) is 0 Å². The lowest BCUT2D eigenvalue weighted by Gasteiger charge is -2.26. The monoisotopic (exact) mass is 485 g/mol. The molecule has 2 aliphatic heterocycles. The number of ether oxygens (including phenoxy) is 1. The third-order valence-electron chi connectivity index (χ3n) is 6.21. The first kappa shape index (κ1) is 23.9. The van der Waals surface area contributed by atoms with Gasteiger partial charge in [0.05, 0.1) is 23.0 Å². The highest BCUT2D eigenvalue weighted by molar-refractivity contribution is 7.89. The second-order valence-electron chi connectivity index (χ2n) is 8.60. The van der Waals surface area contributed by atoms with Crippen LogP contribution < -0.4 is 10.3 Å². The van der Waals surface area contributed by atoms with Gasteiger partial charge in [-0.1, -0.05) is 32.0 Å². The van der Waals surface area contributed by atoms with Crippen LogP contribution in [0, 0.1) is 10.1 Å². The molecule has 11 heteroatoms. The molecule has 0 aromatic heterocycles. The van der Waals surface area contributed by atoms with Gasteiger partial charge in [0.1, 0.15) is 5.69 Å². The standard InChI is InChI=1S/C23H27N5O5S/c1-23(2)18-6-4-5-7-20(18)26(3)22(23)10-11-24-25-19-9-8-17(16-21(19)28(29)30)34(31,32)27-12-14-33-15-13-27/h4-11,16,25H,12-15H2,1-3H3/b22-10-,24-11-. The van der Waals surface area contributed by atoms with Gasteiger partial charge in [-0.25, -0.2) is 8.42 Å². The van der Waals surface area contributed by atoms with Crippen molar-refractivity contribution in [3.8, 4) is 0 Å². The Bertz CT molecular complexity index is 1270. The van der Waals surface area contributed by atoms with Crippen LogP contribution in [0.2, 0.25) is 0 Å². The number of rotatable bonds is 6. The predicted octanol–water partition coefficient (Wildman–Crippen LogP) is 3.32. The van der Waals surface area contributed by atoms with Crippen LogP contribution in [-0.2, 0) is 20.2 Å². The fraction of sp³-hybridized carbons (Fsp3) is 0.348. The number of nitrogens with zero attached hydrogens (tertiary/aromatic N) is 4. The number of fused-ring (bicyclic) bond motifs is 1. The molecule has 4 rings (SSSR count). The Labute approximate surface area is 198 Å². The van der Waals surface area contributed by atoms with Gasteiger partial charge in [-0.05, 0) is 29.8 Å². The summed E-state index contributed by atoms with van der Waals surface area (Å²) in [5.41, 5.74) is 5.54. The second-order valence-corrected chi connectivity index (χ2v) is 10.5. The summed E-state index contributed by atoms with van der Waals surface area (Å²) < 4.78 is 32.2. The summed E-state index contributed by atoms with van der Waals surface area (Å²) >= 11 is 0. The molecule has 1 N–H and O–H groups in total. The summed E-state index contributed by atoms with van der Waals surface area (Å²) in [6.07, 6.45) is 3.40. The number of sulfonamides is 1. The summed E-state index contributed by atoms with van der Waals surface area (Å²) in [5.74, 6) is 0. The number of nitro benzene ring substituents is 1. The number of hydrogen-bond acceptors (Lipinski definition) is 8. The van der Waals surface area contributed by atoms with E-state index in [0.29, 0.717) is 13.2 Å². The van der Waals surface area contributed by atoms with Crippen LogP contribution in [0.1, 0.15) is 19.4 Å². The fourth-order valence-electron chi connectivity index (χ4n) is 4.37. The molecule has 0 radical (unpaired) electrons. The number of benzene rings is 2. The van der Waals surface area contributed by atoms with Gasteiger partial charge in [0.2, 0.25) is 10.0 Å². The SMILES string of the molecule is CN1/C(=C\C=N/Nc2ccc(S(=O)(=O)N3CCOCC3)cc2[N+](=O)[O-])C(C)(C)c2ccccc21. The van der Waals surface area contributed by atoms with Gasteiger partial charge in [0, 0.05) is 49.2 Å². The van der Waals surface area contributed by atoms with Crippen molar-refractivity contribution in [2.24, 2.45) is 5.10 Å². The summed E-state index contributed by atoms with van der Waals surface area (Å²) in [6.45, 7) is 5.26. The number of nitro groups is 1. The number of hydrazone groups is 1. The lowest BCUT2D eigenvalue weighted by molar-refractivity contribution is -0.384. The maximum Gasteiger partial charge on any atom is 0.295 e. The fourth-order valence-corrected chi connectivity index (χ4v) is 5.80. The zero-order valence-corrected chi connectivity index (χ0v) is 20.1. The van der Waals surface area contributed by atoms with E-state index < -0.39 is 14.9 Å². The van der Waals surface area contributed by atoms with E-state index in [1.165, 1.54) is 22.0 Å². The molecule has 0 amide bonds. The number of allylic oxidation sites excluding steroid dienone is 2. The molecule has 0 atom stereocenters. The molecule has 0 bridgehead atoms. The maximum atomic E-state index is 12.9. The van der Waals surface area contributed by atoms with E-state index in [2.05, 4.69) is 41.4 Å². The minimum Gasteiger partial charge on any atom is -0.379 e. The van der Waals surface area contributed by atoms with E-state index in [1.807, 2.05) is 25.3 Å². The highest BCUT2D eigenvalue weighted by atomic mass is 32.2. The topological polar surface area (TPSA) is 117 Å². The number of para-hydroxylation sites is 1. The Morgan fingerprint density at radius 2 is 1.88 bits per heavy atom. The zero-order chi connectivity index (χ0) is 24.5. The van der Waals surface area contributed by atoms with Crippen LogP contribution in [0.4, 0.5) is 17.1 Å². The van der Waals surface area contributed by atoms with Crippen LogP contribution in [0.3, 0.4) is 0 Å². The van der Waals surface area contributed by atoms with Crippen molar-refractivity contribution in [3.63, 3.8) is 0 Å². The molecular weight excluding hydrogens is 458 g/mol. The van der Waals surface area contributed by atoms with Gasteiger partial charge in [-0.3, -0.25) is 15.5 Å². The van der Waals surface area contributed by atoms with E-state index in [-0.39, 0.29) is 34.8 Å². The van der Waals surface area contributed by atoms with Gasteiger partial charge in [-0.15, -0.1) is 0 Å². The molecule has 34 heavy (non-hydrogen) atoms. The largest absolute Gasteiger partial charge is 0.379 e. The van der Waals surface area contributed by atoms with Crippen molar-refractivity contribution in [2.45, 2.75) is 24.2 Å². The summed E-state index contributed by atoms with van der Waals surface area (Å²) in [5, 5.41) is 15.8. The summed E-state index contributed by atoms with van der Waals surface area (Å²) in [4.78, 5) is 13.0. The van der Waals surface area contributed by atoms with Gasteiger partial charge in [-0.2, -0.15) is 9.41 Å². The average Bonchev–Trinajstić information content (AvgIpc) is 3.02. The highest BCUT2D eigenvalue weighted by Crippen LogP contribution is 2.46. The van der Waals surface area contributed by atoms with Crippen LogP contribution >= 0.6 is 0 Å². The lowest BCUT2D eigenvalue weighted by Crippen LogP contribution is -2.40. The van der Waals surface area contributed by atoms with Crippen LogP contribution in [-0.4, -0.2) is 57.2 Å². The lowest BCUT2D eigenvalue weighted by atomic mass is 9.84. The second kappa shape index (κ2) is 9.16. The van der Waals surface area contributed by atoms with Crippen LogP contribution in [0.15, 0.2) is 64.2 Å². The molecule has 180 valence electrons. The van der Waals surface area contributed by atoms with Gasteiger partial charge < -0.3 is 9.64 Å². The molecule has 10 nitrogen and oxygen atoms in total. The van der Waals surface area contributed by atoms with E-state index in [4.69, 9.17) is 4.74 Å². The first-order chi connectivity index (χ1) is 16.1. The van der Waals surface area contributed by atoms with Crippen molar-refractivity contribution in [1.82, 2.24) is 4.31 Å². The number of morpholine rings is 1. The summed E-state index contributed by atoms with van der Waals surface area (Å²) in [6, 6.07) is 11.9. The van der Waals surface area contributed by atoms with E-state index >= 15 is 0 Å². The van der Waals surface area contributed by atoms with Crippen molar-refractivity contribution in [2.75, 3.05) is 43.7 Å². The number of likely N-dealkylation sites (N-methyl/N-ethyl adjacent to an activating group) is 1. The van der Waals surface area contributed by atoms with Crippen molar-refractivity contribution >= 4 is 33.3 Å². The quantitative estimate of drug-likeness (QED) is 0.379. The molecule has 2 heterocycles. The molecular formula is C23H27N5O5S. The first-order valence-corrected chi connectivity index (χ1v) is 12.3. The number of anilines is 2. The number of nitrogens with one attached hydrogen (secondary N) is 1. The predicted molar refractivity (Wildman–Crippen MR) is 131 cm³/mol. The Kier molecular flexibility index (Phi) is 6.43. The first-order valence-electron chi connectivity index (χ1n) is 10.8. The Hall–Kier alpha value is -3.28. The van der Waals surface area contributed by atoms with Crippen molar-refractivity contribution in [1.29, 1.82) is 0 Å². The van der Waals surface area contributed by atoms with Crippen molar-refractivity contribution in [3.05, 3.63) is 69.9 Å². The zero-order valence-electron chi connectivity index (χ0n) is 19.3. The molecule has 0 unspecified atom stereocenters. The van der Waals surface area contributed by atoms with Gasteiger partial charge >= 0.3 is 0 Å². The number of hydrogen-bond donors (Lipinski definition) is 1. The van der Waals surface area contributed by atoms with E-state index in [0.717, 1.165) is 17.5 Å². The minimum atomic E-state index is -3.85. The molecule has 0 saturated carbocycles. The maximum absolute atomic E-state index is 12.9. The van der Waals surface area contributed by atoms with Crippen molar-refractivity contribution < 1.29 is 18.1 Å². The molecule has 2 aliphatic rings. The van der Waals surface area contributed by atoms with E-state index in [9.17, 15) is 18.5 Å². The third-order valence-corrected chi connectivity index (χ3v) is 8.10. The third kappa shape index (κ3) is 4.29. The van der Waals surface area contributed by atoms with Gasteiger partial charge in [0.25, 0.3) is 5.69 Å². The molecule has 2 aromatic carbocycles. The minimum absolute atomic E-state index is 0.0999. The summed E-state index contributed by atoms with van der Waals surface area (Å²) in [7, 11) is -1.86. The molecule has 2 aromatic rings. The molecule has 1 fully saturated rings. The smallest absolute Gasteiger partial charge is 0.295 e. The Morgan fingerprint density at radius 1 is 1.18 bits per heavy atom. The van der Waals surface area contributed by atoms with E-state index in [1.54, 1.807) is 6.21 Å². The highest BCUT2D eigenvalue weighted by Gasteiger charge is 2.37. The Morgan fingerprint density at radius 3 is 2.56 bits per heavy atom.